The van der Waals surface area contributed by atoms with Crippen molar-refractivity contribution in [2.45, 2.75) is 155 Å². The molecule has 0 heterocycles. The summed E-state index contributed by atoms with van der Waals surface area (Å²) in [7, 11) is 0. The smallest absolute Gasteiger partial charge is 0.0537 e. The number of hydrogen-bond donors (Lipinski definition) is 2. The molecule has 26 heavy (non-hydrogen) atoms. The maximum Gasteiger partial charge on any atom is 0.0537 e. The molecule has 0 aliphatic rings. The monoisotopic (exact) mass is 372 g/mol. The van der Waals surface area contributed by atoms with Crippen LogP contribution in [-0.4, -0.2) is 22.4 Å². The van der Waals surface area contributed by atoms with Crippen molar-refractivity contribution in [3.05, 3.63) is 0 Å². The lowest BCUT2D eigenvalue weighted by Gasteiger charge is -2.06. The zero-order valence-electron chi connectivity index (χ0n) is 18.8. The van der Waals surface area contributed by atoms with Gasteiger partial charge in [0, 0.05) is 0 Å². The average Bonchev–Trinajstić information content (AvgIpc) is 2.63. The minimum atomic E-state index is -0.0971. The van der Waals surface area contributed by atoms with Gasteiger partial charge in [-0.25, -0.2) is 0 Å². The van der Waals surface area contributed by atoms with Gasteiger partial charge in [0.15, 0.2) is 0 Å². The third-order valence-corrected chi connectivity index (χ3v) is 5.09. The standard InChI is InChI=1S/2C12H26O/c1-3-4-5-6-7-8-9-10-11-12(2)13;1-3-5-6-7-8-9-10-11-12(13)4-2/h2*12-13H,3-11H2,1-2H3. The summed E-state index contributed by atoms with van der Waals surface area (Å²) in [4.78, 5) is 0. The van der Waals surface area contributed by atoms with E-state index in [4.69, 9.17) is 5.11 Å². The highest BCUT2D eigenvalue weighted by molar-refractivity contribution is 4.53. The second-order valence-corrected chi connectivity index (χ2v) is 8.08. The summed E-state index contributed by atoms with van der Waals surface area (Å²) in [5.74, 6) is 0. The van der Waals surface area contributed by atoms with Crippen molar-refractivity contribution >= 4 is 0 Å². The molecule has 0 aliphatic carbocycles. The molecule has 0 saturated carbocycles. The van der Waals surface area contributed by atoms with Crippen molar-refractivity contribution in [2.24, 2.45) is 0 Å². The van der Waals surface area contributed by atoms with Gasteiger partial charge in [0.1, 0.15) is 0 Å². The Morgan fingerprint density at radius 3 is 1.19 bits per heavy atom. The molecule has 0 aromatic carbocycles. The molecule has 0 aromatic heterocycles. The number of rotatable bonds is 18. The third kappa shape index (κ3) is 28.7. The molecule has 2 nitrogen and oxygen atoms in total. The minimum Gasteiger partial charge on any atom is -0.393 e. The van der Waals surface area contributed by atoms with Gasteiger partial charge in [-0.2, -0.15) is 0 Å². The van der Waals surface area contributed by atoms with Crippen LogP contribution in [0.2, 0.25) is 0 Å². The topological polar surface area (TPSA) is 40.5 Å². The Hall–Kier alpha value is -0.0800. The third-order valence-electron chi connectivity index (χ3n) is 5.09. The first-order valence-electron chi connectivity index (χ1n) is 11.9. The lowest BCUT2D eigenvalue weighted by atomic mass is 10.1. The molecule has 0 fully saturated rings. The zero-order valence-corrected chi connectivity index (χ0v) is 18.8. The Morgan fingerprint density at radius 1 is 0.500 bits per heavy atom. The molecular formula is C24H52O2. The number of aliphatic hydroxyl groups excluding tert-OH is 2. The largest absolute Gasteiger partial charge is 0.393 e. The van der Waals surface area contributed by atoms with Crippen LogP contribution in [0.3, 0.4) is 0 Å². The van der Waals surface area contributed by atoms with Crippen molar-refractivity contribution in [2.75, 3.05) is 0 Å². The van der Waals surface area contributed by atoms with Crippen molar-refractivity contribution < 1.29 is 10.2 Å². The highest BCUT2D eigenvalue weighted by Gasteiger charge is 1.99. The van der Waals surface area contributed by atoms with Crippen LogP contribution in [0.4, 0.5) is 0 Å². The summed E-state index contributed by atoms with van der Waals surface area (Å²) in [6.07, 6.45) is 22.9. The van der Waals surface area contributed by atoms with E-state index in [-0.39, 0.29) is 12.2 Å². The highest BCUT2D eigenvalue weighted by Crippen LogP contribution is 2.11. The second kappa shape index (κ2) is 24.9. The van der Waals surface area contributed by atoms with E-state index in [0.29, 0.717) is 0 Å². The van der Waals surface area contributed by atoms with E-state index in [1.807, 2.05) is 13.8 Å². The van der Waals surface area contributed by atoms with Gasteiger partial charge < -0.3 is 10.2 Å². The van der Waals surface area contributed by atoms with Gasteiger partial charge in [-0.05, 0) is 26.2 Å². The Kier molecular flexibility index (Phi) is 27.0. The van der Waals surface area contributed by atoms with E-state index >= 15 is 0 Å². The van der Waals surface area contributed by atoms with E-state index in [2.05, 4.69) is 13.8 Å². The second-order valence-electron chi connectivity index (χ2n) is 8.08. The van der Waals surface area contributed by atoms with E-state index in [0.717, 1.165) is 19.3 Å². The van der Waals surface area contributed by atoms with E-state index < -0.39 is 0 Å². The van der Waals surface area contributed by atoms with Gasteiger partial charge >= 0.3 is 0 Å². The normalized spacial score (nSPS) is 13.2. The lowest BCUT2D eigenvalue weighted by Crippen LogP contribution is -2.03. The lowest BCUT2D eigenvalue weighted by molar-refractivity contribution is 0.156. The molecule has 0 rings (SSSR count). The first-order chi connectivity index (χ1) is 12.6. The number of hydrogen-bond acceptors (Lipinski definition) is 2. The van der Waals surface area contributed by atoms with Crippen molar-refractivity contribution in [3.63, 3.8) is 0 Å². The first-order valence-corrected chi connectivity index (χ1v) is 11.9. The van der Waals surface area contributed by atoms with Crippen molar-refractivity contribution in [1.29, 1.82) is 0 Å². The Morgan fingerprint density at radius 2 is 0.846 bits per heavy atom. The van der Waals surface area contributed by atoms with Crippen LogP contribution in [0.5, 0.6) is 0 Å². The molecule has 0 aliphatic heterocycles. The molecule has 2 N–H and O–H groups in total. The molecule has 160 valence electrons. The van der Waals surface area contributed by atoms with Crippen LogP contribution in [0.25, 0.3) is 0 Å². The van der Waals surface area contributed by atoms with Gasteiger partial charge in [-0.3, -0.25) is 0 Å². The number of aliphatic hydroxyl groups is 2. The summed E-state index contributed by atoms with van der Waals surface area (Å²) in [5.41, 5.74) is 0. The van der Waals surface area contributed by atoms with Crippen LogP contribution < -0.4 is 0 Å². The van der Waals surface area contributed by atoms with Crippen molar-refractivity contribution in [3.8, 4) is 0 Å². The molecule has 0 bridgehead atoms. The Bertz CT molecular complexity index is 228. The van der Waals surface area contributed by atoms with Crippen LogP contribution in [0.15, 0.2) is 0 Å². The fourth-order valence-corrected chi connectivity index (χ4v) is 3.11. The summed E-state index contributed by atoms with van der Waals surface area (Å²) in [5, 5.41) is 18.3. The molecule has 0 saturated heterocycles. The minimum absolute atomic E-state index is 0.0457. The molecule has 2 unspecified atom stereocenters. The quantitative estimate of drug-likeness (QED) is 0.241. The summed E-state index contributed by atoms with van der Waals surface area (Å²) < 4.78 is 0. The summed E-state index contributed by atoms with van der Waals surface area (Å²) in [6, 6.07) is 0. The molecule has 0 radical (unpaired) electrons. The van der Waals surface area contributed by atoms with E-state index in [1.165, 1.54) is 96.3 Å². The Balaban J connectivity index is 0. The summed E-state index contributed by atoms with van der Waals surface area (Å²) in [6.45, 7) is 8.42. The zero-order chi connectivity index (χ0) is 19.9. The Labute approximate surface area is 166 Å². The molecule has 0 spiro atoms. The number of unbranched alkanes of at least 4 members (excludes halogenated alkanes) is 13. The van der Waals surface area contributed by atoms with Crippen LogP contribution >= 0.6 is 0 Å². The fraction of sp³-hybridized carbons (Fsp3) is 1.00. The van der Waals surface area contributed by atoms with Crippen LogP contribution in [0.1, 0.15) is 143 Å². The fourth-order valence-electron chi connectivity index (χ4n) is 3.11. The average molecular weight is 373 g/mol. The van der Waals surface area contributed by atoms with Crippen LogP contribution in [0, 0.1) is 0 Å². The maximum absolute atomic E-state index is 9.30. The molecule has 0 amide bonds. The molecular weight excluding hydrogens is 320 g/mol. The van der Waals surface area contributed by atoms with Crippen molar-refractivity contribution in [1.82, 2.24) is 0 Å². The SMILES string of the molecule is CCCCCCCCCC(O)CC.CCCCCCCCCCC(C)O. The van der Waals surface area contributed by atoms with Gasteiger partial charge in [0.25, 0.3) is 0 Å². The molecule has 2 heteroatoms. The van der Waals surface area contributed by atoms with E-state index in [1.54, 1.807) is 0 Å². The predicted molar refractivity (Wildman–Crippen MR) is 118 cm³/mol. The molecule has 2 atom stereocenters. The van der Waals surface area contributed by atoms with Gasteiger partial charge in [0.2, 0.25) is 0 Å². The summed E-state index contributed by atoms with van der Waals surface area (Å²) >= 11 is 0. The van der Waals surface area contributed by atoms with E-state index in [9.17, 15) is 5.11 Å². The van der Waals surface area contributed by atoms with Gasteiger partial charge in [-0.15, -0.1) is 0 Å². The highest BCUT2D eigenvalue weighted by atomic mass is 16.3. The maximum atomic E-state index is 9.30. The molecule has 0 aromatic rings. The van der Waals surface area contributed by atoms with Gasteiger partial charge in [0.05, 0.1) is 12.2 Å². The predicted octanol–water partition coefficient (Wildman–Crippen LogP) is 7.80. The van der Waals surface area contributed by atoms with Gasteiger partial charge in [-0.1, -0.05) is 117 Å². The van der Waals surface area contributed by atoms with Crippen LogP contribution in [-0.2, 0) is 0 Å². The first kappa shape index (κ1) is 28.1.